The number of fused-ring (bicyclic) bond motifs is 8. The van der Waals surface area contributed by atoms with Crippen molar-refractivity contribution in [2.45, 2.75) is 51.9 Å². The lowest BCUT2D eigenvalue weighted by Crippen LogP contribution is -2.34. The average molecular weight is 505 g/mol. The topological polar surface area (TPSA) is 34.4 Å². The van der Waals surface area contributed by atoms with Crippen molar-refractivity contribution in [2.24, 2.45) is 0 Å². The summed E-state index contributed by atoms with van der Waals surface area (Å²) >= 11 is 0. The summed E-state index contributed by atoms with van der Waals surface area (Å²) in [4.78, 5) is 5.01. The van der Waals surface area contributed by atoms with E-state index in [0.29, 0.717) is 0 Å². The summed E-state index contributed by atoms with van der Waals surface area (Å²) in [6.07, 6.45) is 0. The number of aromatic nitrogens is 2. The summed E-state index contributed by atoms with van der Waals surface area (Å²) in [7, 11) is -2.68. The van der Waals surface area contributed by atoms with Gasteiger partial charge < -0.3 is 4.57 Å². The lowest BCUT2D eigenvalue weighted by Gasteiger charge is -2.41. The highest BCUT2D eigenvalue weighted by Crippen LogP contribution is 2.65. The molecule has 0 atom stereocenters. The van der Waals surface area contributed by atoms with Gasteiger partial charge in [-0.05, 0) is 34.7 Å². The Balaban J connectivity index is 1.58. The summed E-state index contributed by atoms with van der Waals surface area (Å²) in [5, 5.41) is 3.89. The van der Waals surface area contributed by atoms with Crippen LogP contribution in [-0.2, 0) is 4.57 Å². The lowest BCUT2D eigenvalue weighted by atomic mass is 10.0. The predicted octanol–water partition coefficient (Wildman–Crippen LogP) is 9.05. The van der Waals surface area contributed by atoms with Gasteiger partial charge in [0.25, 0.3) is 0 Å². The van der Waals surface area contributed by atoms with Gasteiger partial charge in [-0.3, -0.25) is 4.40 Å². The van der Waals surface area contributed by atoms with E-state index in [2.05, 4.69) is 131 Å². The summed E-state index contributed by atoms with van der Waals surface area (Å²) in [6, 6.07) is 32.0. The number of pyridine rings is 1. The van der Waals surface area contributed by atoms with Crippen LogP contribution in [0.2, 0.25) is 0 Å². The van der Waals surface area contributed by atoms with Gasteiger partial charge in [-0.25, -0.2) is 4.98 Å². The highest BCUT2D eigenvalue weighted by Gasteiger charge is 2.47. The Labute approximate surface area is 218 Å². The van der Waals surface area contributed by atoms with Crippen LogP contribution in [0.1, 0.15) is 41.5 Å². The molecule has 3 nitrogen and oxygen atoms in total. The largest absolute Gasteiger partial charge is 0.318 e. The van der Waals surface area contributed by atoms with Crippen LogP contribution in [0.3, 0.4) is 0 Å². The summed E-state index contributed by atoms with van der Waals surface area (Å²) in [6.45, 7) is 12.6. The fourth-order valence-corrected chi connectivity index (χ4v) is 10.3. The van der Waals surface area contributed by atoms with Crippen molar-refractivity contribution < 1.29 is 4.57 Å². The van der Waals surface area contributed by atoms with Crippen LogP contribution >= 0.6 is 7.14 Å². The number of hydrogen-bond donors (Lipinski definition) is 0. The molecule has 0 saturated heterocycles. The van der Waals surface area contributed by atoms with Crippen LogP contribution < -0.4 is 5.30 Å². The molecule has 0 aliphatic rings. The maximum Gasteiger partial charge on any atom is 0.146 e. The summed E-state index contributed by atoms with van der Waals surface area (Å²) in [5.41, 5.74) is 6.47. The molecule has 0 aliphatic heterocycles. The number of hydrogen-bond acceptors (Lipinski definition) is 2. The maximum absolute atomic E-state index is 14.4. The number of rotatable bonds is 2. The summed E-state index contributed by atoms with van der Waals surface area (Å²) < 4.78 is 16.7. The SMILES string of the molecule is CC(C)(C)P(=O)(c1ccc(-c2ccc3c4ccccc4c4nc5ccccc5n4c3c2)cc1)C(C)(C)C. The molecule has 0 fully saturated rings. The molecule has 0 saturated carbocycles. The first-order valence-corrected chi connectivity index (χ1v) is 14.6. The second kappa shape index (κ2) is 8.04. The molecule has 0 spiro atoms. The van der Waals surface area contributed by atoms with Crippen LogP contribution in [0.25, 0.3) is 49.5 Å². The first kappa shape index (κ1) is 23.9. The molecule has 4 aromatic carbocycles. The molecule has 0 radical (unpaired) electrons. The van der Waals surface area contributed by atoms with E-state index >= 15 is 0 Å². The molecule has 186 valence electrons. The Hall–Kier alpha value is -3.42. The zero-order chi connectivity index (χ0) is 26.2. The molecule has 2 heterocycles. The third kappa shape index (κ3) is 3.48. The minimum Gasteiger partial charge on any atom is -0.318 e. The Kier molecular flexibility index (Phi) is 5.20. The van der Waals surface area contributed by atoms with Gasteiger partial charge in [0.15, 0.2) is 0 Å². The van der Waals surface area contributed by atoms with Gasteiger partial charge in [-0.1, -0.05) is 114 Å². The van der Waals surface area contributed by atoms with E-state index in [1.54, 1.807) is 0 Å². The standard InChI is InChI=1S/C33H33N2OP/c1-32(2,3)37(36,33(4,5)6)24-18-15-22(16-19-24)23-17-20-26-25-11-7-8-12-27(25)31-34-28-13-9-10-14-29(28)35(31)30(26)21-23/h7-21H,1-6H3. The van der Waals surface area contributed by atoms with E-state index < -0.39 is 7.14 Å². The molecular formula is C33H33N2OP. The number of benzene rings is 4. The van der Waals surface area contributed by atoms with E-state index in [9.17, 15) is 4.57 Å². The Morgan fingerprint density at radius 3 is 1.89 bits per heavy atom. The van der Waals surface area contributed by atoms with Crippen molar-refractivity contribution in [3.8, 4) is 11.1 Å². The third-order valence-electron chi connectivity index (χ3n) is 7.71. The molecule has 6 aromatic rings. The van der Waals surface area contributed by atoms with Gasteiger partial charge in [0.05, 0.1) is 16.6 Å². The molecule has 0 N–H and O–H groups in total. The predicted molar refractivity (Wildman–Crippen MR) is 160 cm³/mol. The zero-order valence-electron chi connectivity index (χ0n) is 22.4. The van der Waals surface area contributed by atoms with Gasteiger partial charge in [0.1, 0.15) is 12.8 Å². The van der Waals surface area contributed by atoms with Gasteiger partial charge in [-0.15, -0.1) is 0 Å². The van der Waals surface area contributed by atoms with Gasteiger partial charge in [0.2, 0.25) is 0 Å². The maximum atomic E-state index is 14.4. The number of imidazole rings is 1. The molecule has 0 bridgehead atoms. The second-order valence-electron chi connectivity index (χ2n) is 12.0. The minimum atomic E-state index is -2.68. The van der Waals surface area contributed by atoms with Crippen molar-refractivity contribution in [1.29, 1.82) is 0 Å². The zero-order valence-corrected chi connectivity index (χ0v) is 23.3. The van der Waals surface area contributed by atoms with E-state index in [-0.39, 0.29) is 10.3 Å². The van der Waals surface area contributed by atoms with Crippen LogP contribution in [0.15, 0.2) is 91.0 Å². The molecule has 0 aliphatic carbocycles. The van der Waals surface area contributed by atoms with E-state index in [0.717, 1.165) is 44.0 Å². The van der Waals surface area contributed by atoms with Gasteiger partial charge >= 0.3 is 0 Å². The van der Waals surface area contributed by atoms with Crippen LogP contribution in [0.5, 0.6) is 0 Å². The Morgan fingerprint density at radius 1 is 0.622 bits per heavy atom. The molecule has 37 heavy (non-hydrogen) atoms. The van der Waals surface area contributed by atoms with Gasteiger partial charge in [0, 0.05) is 26.4 Å². The fraction of sp³-hybridized carbons (Fsp3) is 0.242. The highest BCUT2D eigenvalue weighted by molar-refractivity contribution is 7.74. The average Bonchev–Trinajstić information content (AvgIpc) is 3.27. The molecule has 0 amide bonds. The Morgan fingerprint density at radius 2 is 1.22 bits per heavy atom. The Bertz CT molecular complexity index is 1850. The van der Waals surface area contributed by atoms with Crippen molar-refractivity contribution >= 4 is 50.8 Å². The van der Waals surface area contributed by atoms with Crippen LogP contribution in [0, 0.1) is 0 Å². The second-order valence-corrected chi connectivity index (χ2v) is 16.5. The molecule has 0 unspecified atom stereocenters. The fourth-order valence-electron chi connectivity index (χ4n) is 6.13. The highest BCUT2D eigenvalue weighted by atomic mass is 31.2. The van der Waals surface area contributed by atoms with Crippen molar-refractivity contribution in [3.05, 3.63) is 91.0 Å². The normalized spacial score (nSPS) is 13.2. The first-order chi connectivity index (χ1) is 17.5. The molecular weight excluding hydrogens is 471 g/mol. The number of para-hydroxylation sites is 2. The van der Waals surface area contributed by atoms with Crippen molar-refractivity contribution in [3.63, 3.8) is 0 Å². The lowest BCUT2D eigenvalue weighted by molar-refractivity contribution is 0.527. The van der Waals surface area contributed by atoms with Gasteiger partial charge in [-0.2, -0.15) is 0 Å². The molecule has 6 rings (SSSR count). The van der Waals surface area contributed by atoms with Crippen LogP contribution in [-0.4, -0.2) is 19.7 Å². The van der Waals surface area contributed by atoms with Crippen molar-refractivity contribution in [2.75, 3.05) is 0 Å². The van der Waals surface area contributed by atoms with Crippen molar-refractivity contribution in [1.82, 2.24) is 9.38 Å². The number of nitrogens with zero attached hydrogens (tertiary/aromatic N) is 2. The van der Waals surface area contributed by atoms with E-state index in [1.165, 1.54) is 10.8 Å². The quantitative estimate of drug-likeness (QED) is 0.174. The van der Waals surface area contributed by atoms with E-state index in [1.807, 2.05) is 6.07 Å². The summed E-state index contributed by atoms with van der Waals surface area (Å²) in [5.74, 6) is 0. The molecule has 4 heteroatoms. The van der Waals surface area contributed by atoms with Crippen LogP contribution in [0.4, 0.5) is 0 Å². The third-order valence-corrected chi connectivity index (χ3v) is 12.5. The first-order valence-electron chi connectivity index (χ1n) is 12.9. The minimum absolute atomic E-state index is 0.315. The smallest absolute Gasteiger partial charge is 0.146 e. The molecule has 2 aromatic heterocycles. The van der Waals surface area contributed by atoms with E-state index in [4.69, 9.17) is 4.98 Å². The monoisotopic (exact) mass is 504 g/mol.